The van der Waals surface area contributed by atoms with Gasteiger partial charge in [-0.1, -0.05) is 12.0 Å². The van der Waals surface area contributed by atoms with Crippen LogP contribution in [-0.2, 0) is 6.42 Å². The van der Waals surface area contributed by atoms with Gasteiger partial charge in [0.2, 0.25) is 0 Å². The van der Waals surface area contributed by atoms with Crippen molar-refractivity contribution >= 4 is 23.3 Å². The van der Waals surface area contributed by atoms with E-state index in [0.29, 0.717) is 19.0 Å². The summed E-state index contributed by atoms with van der Waals surface area (Å²) >= 11 is 4.75. The summed E-state index contributed by atoms with van der Waals surface area (Å²) in [6.45, 7) is 0.928. The van der Waals surface area contributed by atoms with Crippen molar-refractivity contribution in [3.05, 3.63) is 30.1 Å². The number of aromatic nitrogens is 1. The van der Waals surface area contributed by atoms with Crippen LogP contribution in [-0.4, -0.2) is 29.1 Å². The van der Waals surface area contributed by atoms with Crippen LogP contribution in [0.25, 0.3) is 0 Å². The third-order valence-electron chi connectivity index (χ3n) is 1.96. The highest BCUT2D eigenvalue weighted by atomic mass is 32.1. The summed E-state index contributed by atoms with van der Waals surface area (Å²) in [6, 6.07) is 5.77. The molecule has 1 rings (SSSR count). The fourth-order valence-electron chi connectivity index (χ4n) is 1.22. The van der Waals surface area contributed by atoms with Gasteiger partial charge in [0.1, 0.15) is 0 Å². The zero-order valence-corrected chi connectivity index (χ0v) is 10.7. The van der Waals surface area contributed by atoms with Crippen LogP contribution in [0.4, 0.5) is 0 Å². The molecule has 1 aromatic rings. The Labute approximate surface area is 112 Å². The van der Waals surface area contributed by atoms with Gasteiger partial charge in [-0.25, -0.2) is 0 Å². The Balaban J connectivity index is 2.49. The molecule has 0 aromatic carbocycles. The van der Waals surface area contributed by atoms with Gasteiger partial charge in [0.25, 0.3) is 0 Å². The summed E-state index contributed by atoms with van der Waals surface area (Å²) in [5.41, 5.74) is 6.36. The Kier molecular flexibility index (Phi) is 6.22. The Morgan fingerprint density at radius 3 is 3.00 bits per heavy atom. The predicted molar refractivity (Wildman–Crippen MR) is 77.0 cm³/mol. The summed E-state index contributed by atoms with van der Waals surface area (Å²) < 4.78 is 0. The summed E-state index contributed by atoms with van der Waals surface area (Å²) in [5.74, 6) is 2.93. The molecule has 0 aliphatic carbocycles. The van der Waals surface area contributed by atoms with Crippen LogP contribution >= 0.6 is 12.2 Å². The van der Waals surface area contributed by atoms with Gasteiger partial charge < -0.3 is 16.4 Å². The highest BCUT2D eigenvalue weighted by Gasteiger charge is 1.98. The minimum Gasteiger partial charge on any atom is -0.376 e. The van der Waals surface area contributed by atoms with Crippen molar-refractivity contribution in [3.63, 3.8) is 0 Å². The third-order valence-corrected chi connectivity index (χ3v) is 2.07. The van der Waals surface area contributed by atoms with Gasteiger partial charge in [-0.05, 0) is 24.4 Å². The van der Waals surface area contributed by atoms with Crippen LogP contribution < -0.4 is 16.4 Å². The number of nitrogens with zero attached hydrogens (tertiary/aromatic N) is 2. The van der Waals surface area contributed by atoms with E-state index in [1.165, 1.54) is 0 Å². The third kappa shape index (κ3) is 5.82. The number of terminal acetylenes is 1. The maximum absolute atomic E-state index is 5.38. The second-order valence-corrected chi connectivity index (χ2v) is 3.79. The molecule has 0 unspecified atom stereocenters. The lowest BCUT2D eigenvalue weighted by atomic mass is 10.3. The quantitative estimate of drug-likeness (QED) is 0.309. The molecule has 0 bridgehead atoms. The molecule has 0 fully saturated rings. The van der Waals surface area contributed by atoms with Gasteiger partial charge in [0, 0.05) is 24.9 Å². The molecule has 1 heterocycles. The molecular weight excluding hydrogens is 246 g/mol. The summed E-state index contributed by atoms with van der Waals surface area (Å²) in [7, 11) is 0. The number of nitrogens with two attached hydrogens (primary N) is 1. The molecule has 0 atom stereocenters. The van der Waals surface area contributed by atoms with E-state index in [1.54, 1.807) is 6.20 Å². The second-order valence-electron chi connectivity index (χ2n) is 3.35. The summed E-state index contributed by atoms with van der Waals surface area (Å²) in [4.78, 5) is 8.49. The van der Waals surface area contributed by atoms with Gasteiger partial charge in [-0.3, -0.25) is 9.98 Å². The average Bonchev–Trinajstić information content (AvgIpc) is 2.36. The van der Waals surface area contributed by atoms with Crippen LogP contribution in [0.1, 0.15) is 5.69 Å². The molecule has 0 aliphatic heterocycles. The molecule has 4 N–H and O–H groups in total. The first-order valence-corrected chi connectivity index (χ1v) is 5.81. The van der Waals surface area contributed by atoms with E-state index >= 15 is 0 Å². The fourth-order valence-corrected chi connectivity index (χ4v) is 1.32. The molecule has 0 aliphatic rings. The number of hydrogen-bond donors (Lipinski definition) is 3. The first-order chi connectivity index (χ1) is 8.72. The summed E-state index contributed by atoms with van der Waals surface area (Å²) in [5, 5.41) is 5.78. The number of hydrogen-bond acceptors (Lipinski definition) is 3. The SMILES string of the molecule is C#CCNC(=NCCc1ccccn1)NC(N)=S. The zero-order valence-electron chi connectivity index (χ0n) is 9.89. The van der Waals surface area contributed by atoms with Crippen molar-refractivity contribution in [1.29, 1.82) is 0 Å². The second kappa shape index (κ2) is 8.03. The largest absolute Gasteiger partial charge is 0.376 e. The Bertz CT molecular complexity index is 449. The molecule has 0 radical (unpaired) electrons. The van der Waals surface area contributed by atoms with E-state index in [0.717, 1.165) is 12.1 Å². The van der Waals surface area contributed by atoms with Crippen LogP contribution in [0.3, 0.4) is 0 Å². The van der Waals surface area contributed by atoms with E-state index < -0.39 is 0 Å². The van der Waals surface area contributed by atoms with Gasteiger partial charge in [0.15, 0.2) is 11.1 Å². The number of thiocarbonyl (C=S) groups is 1. The van der Waals surface area contributed by atoms with Crippen LogP contribution in [0.5, 0.6) is 0 Å². The molecule has 0 amide bonds. The molecule has 0 spiro atoms. The first kappa shape index (κ1) is 13.9. The number of rotatable bonds is 4. The predicted octanol–water partition coefficient (Wildman–Crippen LogP) is 0.0361. The normalized spacial score (nSPS) is 10.5. The van der Waals surface area contributed by atoms with Crippen LogP contribution in [0.2, 0.25) is 0 Å². The van der Waals surface area contributed by atoms with E-state index in [1.807, 2.05) is 18.2 Å². The van der Waals surface area contributed by atoms with Crippen molar-refractivity contribution in [2.24, 2.45) is 10.7 Å². The molecule has 6 heteroatoms. The van der Waals surface area contributed by atoms with Gasteiger partial charge in [-0.15, -0.1) is 6.42 Å². The topological polar surface area (TPSA) is 75.3 Å². The van der Waals surface area contributed by atoms with Gasteiger partial charge in [0.05, 0.1) is 6.54 Å². The van der Waals surface area contributed by atoms with Crippen molar-refractivity contribution in [2.75, 3.05) is 13.1 Å². The molecular formula is C12H15N5S. The Morgan fingerprint density at radius 2 is 2.39 bits per heavy atom. The lowest BCUT2D eigenvalue weighted by Gasteiger charge is -2.08. The van der Waals surface area contributed by atoms with Gasteiger partial charge in [-0.2, -0.15) is 0 Å². The van der Waals surface area contributed by atoms with Crippen molar-refractivity contribution in [1.82, 2.24) is 15.6 Å². The molecule has 1 aromatic heterocycles. The lowest BCUT2D eigenvalue weighted by molar-refractivity contribution is 0.894. The van der Waals surface area contributed by atoms with Crippen molar-refractivity contribution in [2.45, 2.75) is 6.42 Å². The van der Waals surface area contributed by atoms with E-state index in [-0.39, 0.29) is 5.11 Å². The van der Waals surface area contributed by atoms with Crippen LogP contribution in [0.15, 0.2) is 29.4 Å². The van der Waals surface area contributed by atoms with Crippen LogP contribution in [0, 0.1) is 12.3 Å². The number of guanidine groups is 1. The Hall–Kier alpha value is -2.13. The van der Waals surface area contributed by atoms with E-state index in [9.17, 15) is 0 Å². The highest BCUT2D eigenvalue weighted by Crippen LogP contribution is 1.94. The monoisotopic (exact) mass is 261 g/mol. The van der Waals surface area contributed by atoms with Crippen molar-refractivity contribution in [3.8, 4) is 12.3 Å². The molecule has 0 saturated carbocycles. The lowest BCUT2D eigenvalue weighted by Crippen LogP contribution is -2.43. The minimum atomic E-state index is 0.149. The number of aliphatic imine (C=N–C) groups is 1. The van der Waals surface area contributed by atoms with E-state index in [2.05, 4.69) is 26.5 Å². The minimum absolute atomic E-state index is 0.149. The number of pyridine rings is 1. The molecule has 0 saturated heterocycles. The number of nitrogens with one attached hydrogen (secondary N) is 2. The highest BCUT2D eigenvalue weighted by molar-refractivity contribution is 7.80. The molecule has 18 heavy (non-hydrogen) atoms. The standard InChI is InChI=1S/C12H15N5S/c1-2-7-15-12(17-11(13)18)16-9-6-10-5-3-4-8-14-10/h1,3-5,8H,6-7,9H2,(H4,13,15,16,17,18). The zero-order chi connectivity index (χ0) is 13.2. The molecule has 5 nitrogen and oxygen atoms in total. The fraction of sp³-hybridized carbons (Fsp3) is 0.250. The molecule has 94 valence electrons. The Morgan fingerprint density at radius 1 is 1.56 bits per heavy atom. The van der Waals surface area contributed by atoms with E-state index in [4.69, 9.17) is 24.4 Å². The average molecular weight is 261 g/mol. The maximum Gasteiger partial charge on any atom is 0.198 e. The maximum atomic E-state index is 5.38. The first-order valence-electron chi connectivity index (χ1n) is 5.40. The van der Waals surface area contributed by atoms with Crippen molar-refractivity contribution < 1.29 is 0 Å². The van der Waals surface area contributed by atoms with Gasteiger partial charge >= 0.3 is 0 Å². The summed E-state index contributed by atoms with van der Waals surface area (Å²) in [6.07, 6.45) is 7.65. The smallest absolute Gasteiger partial charge is 0.198 e.